The third kappa shape index (κ3) is 10.4. The molecule has 0 spiro atoms. The average molecular weight is 573 g/mol. The highest BCUT2D eigenvalue weighted by Crippen LogP contribution is 2.29. The molecule has 0 aliphatic heterocycles. The van der Waals surface area contributed by atoms with Gasteiger partial charge in [-0.15, -0.1) is 0 Å². The summed E-state index contributed by atoms with van der Waals surface area (Å²) >= 11 is 0. The van der Waals surface area contributed by atoms with E-state index in [2.05, 4.69) is 69.5 Å². The van der Waals surface area contributed by atoms with E-state index in [9.17, 15) is 0 Å². The lowest BCUT2D eigenvalue weighted by molar-refractivity contribution is 0.723. The lowest BCUT2D eigenvalue weighted by Gasteiger charge is -2.06. The fraction of sp³-hybridized carbons (Fsp3) is 0.444. The van der Waals surface area contributed by atoms with E-state index in [0.29, 0.717) is 0 Å². The van der Waals surface area contributed by atoms with Crippen LogP contribution in [0.1, 0.15) is 92.7 Å². The smallest absolute Gasteiger partial charge is 0.107 e. The molecule has 0 atom stereocenters. The number of H-pyrrole nitrogens is 2. The molecule has 0 aliphatic rings. The Balaban J connectivity index is 0.00000102. The molecule has 2 heterocycles. The first kappa shape index (κ1) is 36.5. The van der Waals surface area contributed by atoms with E-state index >= 15 is 0 Å². The van der Waals surface area contributed by atoms with Crippen LogP contribution in [0.25, 0.3) is 44.2 Å². The fourth-order valence-corrected chi connectivity index (χ4v) is 4.46. The minimum atomic E-state index is 0.726. The molecule has 2 aromatic heterocycles. The van der Waals surface area contributed by atoms with Gasteiger partial charge in [0.1, 0.15) is 11.6 Å². The molecular formula is C36H56N6. The van der Waals surface area contributed by atoms with E-state index in [-0.39, 0.29) is 0 Å². The van der Waals surface area contributed by atoms with Crippen molar-refractivity contribution in [2.24, 2.45) is 11.5 Å². The first-order valence-electron chi connectivity index (χ1n) is 16.2. The van der Waals surface area contributed by atoms with Crippen LogP contribution in [0, 0.1) is 0 Å². The maximum absolute atomic E-state index is 5.62. The highest BCUT2D eigenvalue weighted by molar-refractivity contribution is 5.91. The maximum atomic E-state index is 5.62. The standard InChI is InChI=1S/C28H32N6.4C2H6/c29-13-3-1-5-27-31-18-26(34-27)22-10-8-19-7-9-20(15-23(19)16-22)21-11-12-24-25(17-21)33-28(32-24)6-2-4-14-30;4*1-2/h7-12,15-18H,1-6,13-14,29-30H2,(H,31,34)(H,32,33);4*1-2H3. The van der Waals surface area contributed by atoms with Crippen LogP contribution in [-0.4, -0.2) is 33.0 Å². The van der Waals surface area contributed by atoms with E-state index < -0.39 is 0 Å². The van der Waals surface area contributed by atoms with Crippen molar-refractivity contribution in [2.75, 3.05) is 13.1 Å². The van der Waals surface area contributed by atoms with Crippen LogP contribution in [0.3, 0.4) is 0 Å². The normalized spacial score (nSPS) is 9.95. The lowest BCUT2D eigenvalue weighted by Crippen LogP contribution is -1.99. The highest BCUT2D eigenvalue weighted by atomic mass is 14.9. The minimum Gasteiger partial charge on any atom is -0.342 e. The summed E-state index contributed by atoms with van der Waals surface area (Å²) in [6.07, 6.45) is 7.95. The second-order valence-electron chi connectivity index (χ2n) is 8.93. The SMILES string of the molecule is CC.CC.CC.CC.NCCCCc1ncc(-c2ccc3ccc(-c4ccc5nc(CCCCN)[nH]c5c4)cc3c2)[nH]1. The summed E-state index contributed by atoms with van der Waals surface area (Å²) < 4.78 is 0. The number of rotatable bonds is 10. The zero-order valence-corrected chi connectivity index (χ0v) is 27.5. The summed E-state index contributed by atoms with van der Waals surface area (Å²) in [5, 5.41) is 2.43. The summed E-state index contributed by atoms with van der Waals surface area (Å²) in [7, 11) is 0. The predicted octanol–water partition coefficient (Wildman–Crippen LogP) is 9.44. The van der Waals surface area contributed by atoms with Crippen molar-refractivity contribution in [2.45, 2.75) is 93.9 Å². The van der Waals surface area contributed by atoms with Crippen LogP contribution in [-0.2, 0) is 12.8 Å². The Morgan fingerprint density at radius 1 is 0.571 bits per heavy atom. The van der Waals surface area contributed by atoms with Crippen LogP contribution in [0.5, 0.6) is 0 Å². The van der Waals surface area contributed by atoms with E-state index in [4.69, 9.17) is 16.5 Å². The molecule has 3 aromatic carbocycles. The number of hydrogen-bond donors (Lipinski definition) is 4. The van der Waals surface area contributed by atoms with Gasteiger partial charge in [-0.25, -0.2) is 9.97 Å². The molecule has 230 valence electrons. The molecular weight excluding hydrogens is 516 g/mol. The van der Waals surface area contributed by atoms with E-state index in [1.54, 1.807) is 0 Å². The Morgan fingerprint density at radius 3 is 1.76 bits per heavy atom. The van der Waals surface area contributed by atoms with E-state index in [1.165, 1.54) is 21.9 Å². The van der Waals surface area contributed by atoms with Gasteiger partial charge in [-0.1, -0.05) is 85.7 Å². The molecule has 0 saturated heterocycles. The first-order chi connectivity index (χ1) is 20.7. The monoisotopic (exact) mass is 572 g/mol. The molecule has 0 bridgehead atoms. The first-order valence-corrected chi connectivity index (χ1v) is 16.2. The number of hydrogen-bond acceptors (Lipinski definition) is 4. The molecule has 6 nitrogen and oxygen atoms in total. The number of aryl methyl sites for hydroxylation is 2. The van der Waals surface area contributed by atoms with Crippen LogP contribution in [0.15, 0.2) is 60.8 Å². The minimum absolute atomic E-state index is 0.726. The van der Waals surface area contributed by atoms with Gasteiger partial charge in [0.2, 0.25) is 0 Å². The number of benzene rings is 3. The third-order valence-corrected chi connectivity index (χ3v) is 6.38. The number of unbranched alkanes of at least 4 members (excludes halogenated alkanes) is 2. The lowest BCUT2D eigenvalue weighted by atomic mass is 9.99. The quantitative estimate of drug-likeness (QED) is 0.125. The summed E-state index contributed by atoms with van der Waals surface area (Å²) in [5.74, 6) is 2.05. The Morgan fingerprint density at radius 2 is 1.12 bits per heavy atom. The van der Waals surface area contributed by atoms with Crippen LogP contribution < -0.4 is 11.5 Å². The fourth-order valence-electron chi connectivity index (χ4n) is 4.46. The number of nitrogens with two attached hydrogens (primary N) is 2. The van der Waals surface area contributed by atoms with Gasteiger partial charge in [-0.2, -0.15) is 0 Å². The van der Waals surface area contributed by atoms with E-state index in [1.807, 2.05) is 61.6 Å². The zero-order valence-electron chi connectivity index (χ0n) is 27.5. The molecule has 0 radical (unpaired) electrons. The summed E-state index contributed by atoms with van der Waals surface area (Å²) in [6.45, 7) is 17.5. The largest absolute Gasteiger partial charge is 0.342 e. The number of nitrogens with one attached hydrogen (secondary N) is 2. The van der Waals surface area contributed by atoms with Gasteiger partial charge >= 0.3 is 0 Å². The predicted molar refractivity (Wildman–Crippen MR) is 186 cm³/mol. The van der Waals surface area contributed by atoms with Crippen LogP contribution >= 0.6 is 0 Å². The van der Waals surface area contributed by atoms with Crippen molar-refractivity contribution < 1.29 is 0 Å². The molecule has 42 heavy (non-hydrogen) atoms. The molecule has 0 aliphatic carbocycles. The molecule has 6 N–H and O–H groups in total. The number of imidazole rings is 2. The average Bonchev–Trinajstić information content (AvgIpc) is 3.71. The van der Waals surface area contributed by atoms with Crippen molar-refractivity contribution in [3.63, 3.8) is 0 Å². The highest BCUT2D eigenvalue weighted by Gasteiger charge is 2.08. The number of fused-ring (bicyclic) bond motifs is 2. The topological polar surface area (TPSA) is 109 Å². The molecule has 6 heteroatoms. The van der Waals surface area contributed by atoms with E-state index in [0.717, 1.165) is 85.6 Å². The molecule has 0 saturated carbocycles. The van der Waals surface area contributed by atoms with Crippen LogP contribution in [0.2, 0.25) is 0 Å². The molecule has 0 fully saturated rings. The second-order valence-corrected chi connectivity index (χ2v) is 8.93. The van der Waals surface area contributed by atoms with Crippen molar-refractivity contribution in [3.8, 4) is 22.4 Å². The molecule has 0 amide bonds. The van der Waals surface area contributed by atoms with Crippen molar-refractivity contribution in [1.82, 2.24) is 19.9 Å². The van der Waals surface area contributed by atoms with Gasteiger partial charge in [0.15, 0.2) is 0 Å². The van der Waals surface area contributed by atoms with Gasteiger partial charge in [0.05, 0.1) is 22.9 Å². The summed E-state index contributed by atoms with van der Waals surface area (Å²) in [5.41, 5.74) is 17.9. The van der Waals surface area contributed by atoms with Crippen LogP contribution in [0.4, 0.5) is 0 Å². The van der Waals surface area contributed by atoms with Crippen molar-refractivity contribution in [1.29, 1.82) is 0 Å². The number of aromatic nitrogens is 4. The Kier molecular flexibility index (Phi) is 18.5. The zero-order chi connectivity index (χ0) is 31.3. The summed E-state index contributed by atoms with van der Waals surface area (Å²) in [4.78, 5) is 16.2. The Labute approximate surface area is 254 Å². The van der Waals surface area contributed by atoms with Gasteiger partial charge < -0.3 is 21.4 Å². The van der Waals surface area contributed by atoms with Crippen molar-refractivity contribution >= 4 is 21.8 Å². The molecule has 5 aromatic rings. The second kappa shape index (κ2) is 21.3. The third-order valence-electron chi connectivity index (χ3n) is 6.38. The van der Waals surface area contributed by atoms with Crippen molar-refractivity contribution in [3.05, 3.63) is 72.4 Å². The molecule has 5 rings (SSSR count). The summed E-state index contributed by atoms with van der Waals surface area (Å²) in [6, 6.07) is 19.7. The number of aromatic amines is 2. The van der Waals surface area contributed by atoms with Gasteiger partial charge in [0, 0.05) is 18.4 Å². The Hall–Kier alpha value is -3.48. The molecule has 0 unspecified atom stereocenters. The van der Waals surface area contributed by atoms with Gasteiger partial charge in [0.25, 0.3) is 0 Å². The van der Waals surface area contributed by atoms with Gasteiger partial charge in [-0.05, 0) is 84.9 Å². The number of nitrogens with zero attached hydrogens (tertiary/aromatic N) is 2. The van der Waals surface area contributed by atoms with Gasteiger partial charge in [-0.3, -0.25) is 0 Å². The Bertz CT molecular complexity index is 1400. The maximum Gasteiger partial charge on any atom is 0.107 e.